The highest BCUT2D eigenvalue weighted by atomic mass is 19.1. The van der Waals surface area contributed by atoms with Gasteiger partial charge in [0.05, 0.1) is 11.5 Å². The molecule has 0 spiro atoms. The lowest BCUT2D eigenvalue weighted by atomic mass is 9.92. The van der Waals surface area contributed by atoms with E-state index in [9.17, 15) is 18.8 Å². The molecule has 0 radical (unpaired) electrons. The monoisotopic (exact) mass is 421 g/mol. The van der Waals surface area contributed by atoms with E-state index >= 15 is 0 Å². The molecule has 2 heterocycles. The first-order valence-corrected chi connectivity index (χ1v) is 9.65. The Balaban J connectivity index is 1.63. The second-order valence-corrected chi connectivity index (χ2v) is 7.40. The summed E-state index contributed by atoms with van der Waals surface area (Å²) in [5.74, 6) is -2.19. The third-order valence-electron chi connectivity index (χ3n) is 5.15. The Morgan fingerprint density at radius 1 is 1.06 bits per heavy atom. The van der Waals surface area contributed by atoms with Crippen molar-refractivity contribution in [1.82, 2.24) is 9.97 Å². The van der Waals surface area contributed by atoms with E-state index in [1.807, 2.05) is 26.0 Å². The predicted molar refractivity (Wildman–Crippen MR) is 115 cm³/mol. The smallest absolute Gasteiger partial charge is 0.258 e. The summed E-state index contributed by atoms with van der Waals surface area (Å²) >= 11 is 0. The van der Waals surface area contributed by atoms with Crippen LogP contribution in [-0.2, 0) is 9.59 Å². The number of carbonyl (C=O) groups excluding carboxylic acids is 2. The van der Waals surface area contributed by atoms with Gasteiger partial charge in [-0.15, -0.1) is 0 Å². The van der Waals surface area contributed by atoms with Crippen LogP contribution < -0.4 is 21.5 Å². The van der Waals surface area contributed by atoms with Gasteiger partial charge >= 0.3 is 0 Å². The Morgan fingerprint density at radius 3 is 2.48 bits per heavy atom. The number of H-pyrrole nitrogens is 1. The van der Waals surface area contributed by atoms with Gasteiger partial charge < -0.3 is 16.0 Å². The van der Waals surface area contributed by atoms with E-state index in [-0.39, 0.29) is 23.8 Å². The van der Waals surface area contributed by atoms with Gasteiger partial charge in [0.25, 0.3) is 5.56 Å². The number of benzene rings is 2. The van der Waals surface area contributed by atoms with Crippen molar-refractivity contribution < 1.29 is 14.0 Å². The molecule has 9 heteroatoms. The van der Waals surface area contributed by atoms with E-state index in [0.29, 0.717) is 11.4 Å². The average Bonchev–Trinajstić information content (AvgIpc) is 2.71. The number of nitrogens with zero attached hydrogens (tertiary/aromatic N) is 1. The quantitative estimate of drug-likeness (QED) is 0.516. The van der Waals surface area contributed by atoms with Crippen LogP contribution in [0.5, 0.6) is 0 Å². The van der Waals surface area contributed by atoms with Crippen molar-refractivity contribution >= 4 is 35.0 Å². The van der Waals surface area contributed by atoms with Crippen LogP contribution in [0.4, 0.5) is 27.5 Å². The number of fused-ring (bicyclic) bond motifs is 1. The fourth-order valence-corrected chi connectivity index (χ4v) is 3.37. The van der Waals surface area contributed by atoms with Gasteiger partial charge in [0.15, 0.2) is 0 Å². The van der Waals surface area contributed by atoms with Crippen molar-refractivity contribution in [2.75, 3.05) is 16.0 Å². The zero-order valence-electron chi connectivity index (χ0n) is 16.9. The SMILES string of the molecule is Cc1ccc(NC(=O)[C@@H]2CC(=O)Nc3nc(Nc4ccc(F)cc4)[nH]c(=O)c32)cc1C. The third-order valence-corrected chi connectivity index (χ3v) is 5.15. The highest BCUT2D eigenvalue weighted by Crippen LogP contribution is 2.30. The number of amides is 2. The number of rotatable bonds is 4. The number of carbonyl (C=O) groups is 2. The van der Waals surface area contributed by atoms with E-state index in [4.69, 9.17) is 0 Å². The maximum absolute atomic E-state index is 13.1. The summed E-state index contributed by atoms with van der Waals surface area (Å²) in [5.41, 5.74) is 2.72. The Labute approximate surface area is 176 Å². The lowest BCUT2D eigenvalue weighted by Gasteiger charge is -2.23. The third kappa shape index (κ3) is 4.30. The summed E-state index contributed by atoms with van der Waals surface area (Å²) in [6.45, 7) is 3.89. The van der Waals surface area contributed by atoms with Gasteiger partial charge in [-0.1, -0.05) is 6.07 Å². The van der Waals surface area contributed by atoms with Crippen LogP contribution in [0.1, 0.15) is 29.0 Å². The summed E-state index contributed by atoms with van der Waals surface area (Å²) < 4.78 is 13.1. The maximum Gasteiger partial charge on any atom is 0.258 e. The molecule has 1 atom stereocenters. The van der Waals surface area contributed by atoms with E-state index in [2.05, 4.69) is 25.9 Å². The molecule has 0 saturated heterocycles. The molecule has 1 aliphatic rings. The van der Waals surface area contributed by atoms with Crippen LogP contribution in [-0.4, -0.2) is 21.8 Å². The Kier molecular flexibility index (Phi) is 5.24. The van der Waals surface area contributed by atoms with Gasteiger partial charge in [-0.3, -0.25) is 19.4 Å². The van der Waals surface area contributed by atoms with E-state index in [1.54, 1.807) is 6.07 Å². The van der Waals surface area contributed by atoms with Crippen LogP contribution in [0.15, 0.2) is 47.3 Å². The molecule has 4 N–H and O–H groups in total. The summed E-state index contributed by atoms with van der Waals surface area (Å²) in [6, 6.07) is 11.0. The van der Waals surface area contributed by atoms with Gasteiger partial charge in [0.1, 0.15) is 11.6 Å². The van der Waals surface area contributed by atoms with Crippen molar-refractivity contribution in [1.29, 1.82) is 0 Å². The standard InChI is InChI=1S/C22H20FN5O3/c1-11-3-6-15(9-12(11)2)24-20(30)16-10-17(29)26-19-18(16)21(31)28-22(27-19)25-14-7-4-13(23)5-8-14/h3-9,16H,10H2,1-2H3,(H,24,30)(H3,25,26,27,28,29,31)/t16-/m1/s1. The largest absolute Gasteiger partial charge is 0.326 e. The van der Waals surface area contributed by atoms with E-state index < -0.39 is 29.1 Å². The first-order valence-electron chi connectivity index (χ1n) is 9.65. The van der Waals surface area contributed by atoms with Crippen LogP contribution in [0.2, 0.25) is 0 Å². The number of halogens is 1. The molecule has 2 aromatic carbocycles. The van der Waals surface area contributed by atoms with Gasteiger partial charge in [-0.25, -0.2) is 4.39 Å². The van der Waals surface area contributed by atoms with Crippen molar-refractivity contribution in [2.45, 2.75) is 26.2 Å². The van der Waals surface area contributed by atoms with Crippen molar-refractivity contribution in [3.05, 3.63) is 75.3 Å². The number of nitrogens with one attached hydrogen (secondary N) is 4. The molecule has 0 unspecified atom stereocenters. The van der Waals surface area contributed by atoms with Gasteiger partial charge in [-0.05, 0) is 61.4 Å². The normalized spacial score (nSPS) is 15.1. The molecule has 31 heavy (non-hydrogen) atoms. The molecule has 1 aliphatic heterocycles. The number of aromatic nitrogens is 2. The fraction of sp³-hybridized carbons (Fsp3) is 0.182. The summed E-state index contributed by atoms with van der Waals surface area (Å²) in [5, 5.41) is 8.18. The second-order valence-electron chi connectivity index (χ2n) is 7.40. The van der Waals surface area contributed by atoms with E-state index in [0.717, 1.165) is 11.1 Å². The average molecular weight is 421 g/mol. The lowest BCUT2D eigenvalue weighted by molar-refractivity contribution is -0.123. The first-order chi connectivity index (χ1) is 14.8. The van der Waals surface area contributed by atoms with Crippen molar-refractivity contribution in [2.24, 2.45) is 0 Å². The predicted octanol–water partition coefficient (Wildman–Crippen LogP) is 3.33. The first kappa shape index (κ1) is 20.3. The molecule has 158 valence electrons. The number of aryl methyl sites for hydroxylation is 2. The number of hydrogen-bond donors (Lipinski definition) is 4. The summed E-state index contributed by atoms with van der Waals surface area (Å²) in [4.78, 5) is 44.7. The van der Waals surface area contributed by atoms with E-state index in [1.165, 1.54) is 24.3 Å². The molecule has 8 nitrogen and oxygen atoms in total. The Hall–Kier alpha value is -4.01. The summed E-state index contributed by atoms with van der Waals surface area (Å²) in [7, 11) is 0. The molecule has 0 bridgehead atoms. The zero-order valence-corrected chi connectivity index (χ0v) is 16.9. The minimum absolute atomic E-state index is 0.0184. The molecule has 4 rings (SSSR count). The molecule has 0 saturated carbocycles. The second kappa shape index (κ2) is 8.02. The molecular formula is C22H20FN5O3. The molecule has 0 fully saturated rings. The number of anilines is 4. The lowest BCUT2D eigenvalue weighted by Crippen LogP contribution is -2.36. The minimum Gasteiger partial charge on any atom is -0.326 e. The number of hydrogen-bond acceptors (Lipinski definition) is 5. The zero-order chi connectivity index (χ0) is 22.1. The molecule has 3 aromatic rings. The maximum atomic E-state index is 13.1. The van der Waals surface area contributed by atoms with Crippen molar-refractivity contribution in [3.63, 3.8) is 0 Å². The van der Waals surface area contributed by atoms with Crippen molar-refractivity contribution in [3.8, 4) is 0 Å². The Bertz CT molecular complexity index is 1240. The Morgan fingerprint density at radius 2 is 1.77 bits per heavy atom. The highest BCUT2D eigenvalue weighted by molar-refractivity contribution is 6.04. The topological polar surface area (TPSA) is 116 Å². The van der Waals surface area contributed by atoms with Crippen LogP contribution in [0.25, 0.3) is 0 Å². The number of aromatic amines is 1. The van der Waals surface area contributed by atoms with Gasteiger partial charge in [0, 0.05) is 17.8 Å². The minimum atomic E-state index is -0.985. The fourth-order valence-electron chi connectivity index (χ4n) is 3.37. The molecule has 2 amide bonds. The van der Waals surface area contributed by atoms with Gasteiger partial charge in [0.2, 0.25) is 17.8 Å². The molecular weight excluding hydrogens is 401 g/mol. The van der Waals surface area contributed by atoms with Crippen LogP contribution in [0, 0.1) is 19.7 Å². The van der Waals surface area contributed by atoms with Crippen LogP contribution in [0.3, 0.4) is 0 Å². The molecule has 0 aliphatic carbocycles. The molecule has 1 aromatic heterocycles. The highest BCUT2D eigenvalue weighted by Gasteiger charge is 2.34. The summed E-state index contributed by atoms with van der Waals surface area (Å²) in [6.07, 6.45) is -0.167. The van der Waals surface area contributed by atoms with Crippen LogP contribution >= 0.6 is 0 Å². The van der Waals surface area contributed by atoms with Gasteiger partial charge in [-0.2, -0.15) is 4.98 Å².